The second-order valence-electron chi connectivity index (χ2n) is 3.52. The number of aliphatic hydroxyl groups is 1. The molecule has 1 atom stereocenters. The number of aliphatic hydroxyl groups excluding tert-OH is 1. The van der Waals surface area contributed by atoms with Crippen LogP contribution >= 0.6 is 0 Å². The molecule has 0 saturated heterocycles. The van der Waals surface area contributed by atoms with Gasteiger partial charge in [-0.15, -0.1) is 0 Å². The third-order valence-corrected chi connectivity index (χ3v) is 2.01. The molecule has 0 aliphatic rings. The first-order valence-corrected chi connectivity index (χ1v) is 4.94. The minimum absolute atomic E-state index is 0.134. The van der Waals surface area contributed by atoms with Crippen molar-refractivity contribution in [3.8, 4) is 0 Å². The van der Waals surface area contributed by atoms with Crippen molar-refractivity contribution in [2.24, 2.45) is 5.92 Å². The summed E-state index contributed by atoms with van der Waals surface area (Å²) in [6, 6.07) is 0. The normalized spacial score (nSPS) is 13.8. The maximum atomic E-state index is 8.60. The fourth-order valence-electron chi connectivity index (χ4n) is 1.22. The molecular formula is C10H22O2. The molecule has 1 N–H and O–H groups in total. The van der Waals surface area contributed by atoms with Crippen LogP contribution in [0.15, 0.2) is 0 Å². The summed E-state index contributed by atoms with van der Waals surface area (Å²) in [5.41, 5.74) is 0. The Morgan fingerprint density at radius 1 is 1.33 bits per heavy atom. The lowest BCUT2D eigenvalue weighted by atomic mass is 10.0. The fraction of sp³-hybridized carbons (Fsp3) is 1.00. The molecule has 0 amide bonds. The van der Waals surface area contributed by atoms with Gasteiger partial charge in [0.15, 0.2) is 0 Å². The zero-order chi connectivity index (χ0) is 9.40. The monoisotopic (exact) mass is 174 g/mol. The van der Waals surface area contributed by atoms with Crippen molar-refractivity contribution in [1.29, 1.82) is 0 Å². The molecule has 0 heterocycles. The molecule has 0 aromatic carbocycles. The predicted molar refractivity (Wildman–Crippen MR) is 51.2 cm³/mol. The van der Waals surface area contributed by atoms with E-state index in [0.717, 1.165) is 6.42 Å². The van der Waals surface area contributed by atoms with Gasteiger partial charge < -0.3 is 9.84 Å². The first-order valence-electron chi connectivity index (χ1n) is 4.94. The molecule has 0 aromatic rings. The Balaban J connectivity index is 3.55. The molecule has 0 saturated carbocycles. The van der Waals surface area contributed by atoms with E-state index >= 15 is 0 Å². The molecule has 74 valence electrons. The Labute approximate surface area is 75.9 Å². The minimum atomic E-state index is 0.134. The van der Waals surface area contributed by atoms with Crippen LogP contribution in [0.3, 0.4) is 0 Å². The van der Waals surface area contributed by atoms with Gasteiger partial charge in [0.05, 0.1) is 19.3 Å². The average molecular weight is 174 g/mol. The lowest BCUT2D eigenvalue weighted by molar-refractivity contribution is -0.00253. The first kappa shape index (κ1) is 11.9. The zero-order valence-electron chi connectivity index (χ0n) is 8.55. The number of hydrogen-bond acceptors (Lipinski definition) is 2. The van der Waals surface area contributed by atoms with E-state index in [9.17, 15) is 0 Å². The smallest absolute Gasteiger partial charge is 0.0701 e. The van der Waals surface area contributed by atoms with Crippen molar-refractivity contribution in [2.75, 3.05) is 13.2 Å². The van der Waals surface area contributed by atoms with Crippen molar-refractivity contribution < 1.29 is 9.84 Å². The molecule has 0 aliphatic heterocycles. The number of unbranched alkanes of at least 4 members (excludes halogenated alkanes) is 1. The van der Waals surface area contributed by atoms with E-state index in [0.29, 0.717) is 18.6 Å². The van der Waals surface area contributed by atoms with E-state index in [-0.39, 0.29) is 6.61 Å². The zero-order valence-corrected chi connectivity index (χ0v) is 8.55. The Morgan fingerprint density at radius 3 is 2.42 bits per heavy atom. The van der Waals surface area contributed by atoms with Gasteiger partial charge in [-0.2, -0.15) is 0 Å². The molecule has 12 heavy (non-hydrogen) atoms. The van der Waals surface area contributed by atoms with Gasteiger partial charge in [0.2, 0.25) is 0 Å². The molecular weight excluding hydrogens is 152 g/mol. The summed E-state index contributed by atoms with van der Waals surface area (Å²) in [7, 11) is 0. The molecule has 0 aliphatic carbocycles. The summed E-state index contributed by atoms with van der Waals surface area (Å²) in [5.74, 6) is 0.558. The second kappa shape index (κ2) is 7.56. The minimum Gasteiger partial charge on any atom is -0.394 e. The summed E-state index contributed by atoms with van der Waals surface area (Å²) < 4.78 is 5.50. The van der Waals surface area contributed by atoms with Crippen LogP contribution < -0.4 is 0 Å². The standard InChI is InChI=1S/C10H22O2/c1-4-5-6-10(9(2)3)12-8-7-11/h9-11H,4-8H2,1-3H3. The van der Waals surface area contributed by atoms with Gasteiger partial charge in [0.1, 0.15) is 0 Å². The van der Waals surface area contributed by atoms with Gasteiger partial charge in [-0.25, -0.2) is 0 Å². The highest BCUT2D eigenvalue weighted by Crippen LogP contribution is 2.13. The third-order valence-electron chi connectivity index (χ3n) is 2.01. The number of ether oxygens (including phenoxy) is 1. The highest BCUT2D eigenvalue weighted by molar-refractivity contribution is 4.62. The van der Waals surface area contributed by atoms with Crippen molar-refractivity contribution in [3.05, 3.63) is 0 Å². The van der Waals surface area contributed by atoms with Crippen molar-refractivity contribution >= 4 is 0 Å². The van der Waals surface area contributed by atoms with Crippen LogP contribution in [-0.4, -0.2) is 24.4 Å². The van der Waals surface area contributed by atoms with Gasteiger partial charge in [-0.05, 0) is 12.3 Å². The highest BCUT2D eigenvalue weighted by atomic mass is 16.5. The van der Waals surface area contributed by atoms with Crippen LogP contribution in [0.1, 0.15) is 40.0 Å². The van der Waals surface area contributed by atoms with Gasteiger partial charge >= 0.3 is 0 Å². The quantitative estimate of drug-likeness (QED) is 0.641. The molecule has 0 fully saturated rings. The molecule has 0 spiro atoms. The predicted octanol–water partition coefficient (Wildman–Crippen LogP) is 2.21. The summed E-state index contributed by atoms with van der Waals surface area (Å²) in [6.07, 6.45) is 3.88. The lowest BCUT2D eigenvalue weighted by Gasteiger charge is -2.20. The Hall–Kier alpha value is -0.0800. The fourth-order valence-corrected chi connectivity index (χ4v) is 1.22. The van der Waals surface area contributed by atoms with Crippen LogP contribution in [0.2, 0.25) is 0 Å². The van der Waals surface area contributed by atoms with Crippen LogP contribution in [0.25, 0.3) is 0 Å². The molecule has 1 unspecified atom stereocenters. The van der Waals surface area contributed by atoms with Crippen LogP contribution in [0, 0.1) is 5.92 Å². The van der Waals surface area contributed by atoms with Crippen molar-refractivity contribution in [2.45, 2.75) is 46.1 Å². The maximum absolute atomic E-state index is 8.60. The molecule has 0 rings (SSSR count). The van der Waals surface area contributed by atoms with E-state index in [1.54, 1.807) is 0 Å². The summed E-state index contributed by atoms with van der Waals surface area (Å²) in [4.78, 5) is 0. The number of hydrogen-bond donors (Lipinski definition) is 1. The van der Waals surface area contributed by atoms with Crippen molar-refractivity contribution in [1.82, 2.24) is 0 Å². The molecule has 2 nitrogen and oxygen atoms in total. The van der Waals surface area contributed by atoms with Gasteiger partial charge in [0.25, 0.3) is 0 Å². The largest absolute Gasteiger partial charge is 0.394 e. The van der Waals surface area contributed by atoms with Crippen LogP contribution in [0.4, 0.5) is 0 Å². The Kier molecular flexibility index (Phi) is 7.51. The topological polar surface area (TPSA) is 29.5 Å². The number of rotatable bonds is 7. The second-order valence-corrected chi connectivity index (χ2v) is 3.52. The van der Waals surface area contributed by atoms with Crippen molar-refractivity contribution in [3.63, 3.8) is 0 Å². The highest BCUT2D eigenvalue weighted by Gasteiger charge is 2.12. The first-order chi connectivity index (χ1) is 5.72. The Bertz CT molecular complexity index is 83.8. The van der Waals surface area contributed by atoms with E-state index in [1.807, 2.05) is 0 Å². The van der Waals surface area contributed by atoms with Gasteiger partial charge in [0, 0.05) is 0 Å². The van der Waals surface area contributed by atoms with Gasteiger partial charge in [-0.1, -0.05) is 33.6 Å². The molecule has 2 heteroatoms. The Morgan fingerprint density at radius 2 is 2.00 bits per heavy atom. The summed E-state index contributed by atoms with van der Waals surface area (Å²) in [5, 5.41) is 8.60. The van der Waals surface area contributed by atoms with E-state index < -0.39 is 0 Å². The van der Waals surface area contributed by atoms with Crippen LogP contribution in [-0.2, 0) is 4.74 Å². The van der Waals surface area contributed by atoms with E-state index in [4.69, 9.17) is 9.84 Å². The molecule has 0 radical (unpaired) electrons. The van der Waals surface area contributed by atoms with E-state index in [2.05, 4.69) is 20.8 Å². The average Bonchev–Trinajstić information content (AvgIpc) is 2.04. The molecule has 0 aromatic heterocycles. The summed E-state index contributed by atoms with van der Waals surface area (Å²) >= 11 is 0. The maximum Gasteiger partial charge on any atom is 0.0701 e. The lowest BCUT2D eigenvalue weighted by Crippen LogP contribution is -2.21. The SMILES string of the molecule is CCCCC(OCCO)C(C)C. The third kappa shape index (κ3) is 5.56. The summed E-state index contributed by atoms with van der Waals surface area (Å²) in [6.45, 7) is 7.13. The van der Waals surface area contributed by atoms with E-state index in [1.165, 1.54) is 12.8 Å². The van der Waals surface area contributed by atoms with Crippen LogP contribution in [0.5, 0.6) is 0 Å². The molecule has 0 bridgehead atoms. The van der Waals surface area contributed by atoms with Gasteiger partial charge in [-0.3, -0.25) is 0 Å².